The predicted molar refractivity (Wildman–Crippen MR) is 86.1 cm³/mol. The molecule has 5 nitrogen and oxygen atoms in total. The number of benzene rings is 1. The third-order valence-corrected chi connectivity index (χ3v) is 3.70. The standard InChI is InChI=1S/C15H16BrN3O2/c1-18(9-11-8-17-19(2)10-11)13-5-3-12(14(16)7-13)4-6-15(20)21/h3-8,10H,9H2,1-2H3,(H,20,21)/b6-4+. The fraction of sp³-hybridized carbons (Fsp3) is 0.200. The van der Waals surface area contributed by atoms with E-state index in [1.54, 1.807) is 10.8 Å². The van der Waals surface area contributed by atoms with Crippen LogP contribution in [-0.4, -0.2) is 27.9 Å². The lowest BCUT2D eigenvalue weighted by atomic mass is 10.1. The summed E-state index contributed by atoms with van der Waals surface area (Å²) >= 11 is 3.47. The zero-order valence-electron chi connectivity index (χ0n) is 11.8. The van der Waals surface area contributed by atoms with Crippen LogP contribution in [0.5, 0.6) is 0 Å². The van der Waals surface area contributed by atoms with Crippen LogP contribution in [0.15, 0.2) is 41.1 Å². The Kier molecular flexibility index (Phi) is 4.80. The van der Waals surface area contributed by atoms with Gasteiger partial charge in [0.05, 0.1) is 6.20 Å². The summed E-state index contributed by atoms with van der Waals surface area (Å²) < 4.78 is 2.63. The molecule has 0 fully saturated rings. The van der Waals surface area contributed by atoms with Crippen molar-refractivity contribution >= 4 is 33.7 Å². The van der Waals surface area contributed by atoms with E-state index in [0.717, 1.165) is 33.9 Å². The van der Waals surface area contributed by atoms with Gasteiger partial charge in [0.15, 0.2) is 0 Å². The summed E-state index contributed by atoms with van der Waals surface area (Å²) in [4.78, 5) is 12.6. The number of aryl methyl sites for hydroxylation is 1. The van der Waals surface area contributed by atoms with Crippen molar-refractivity contribution in [3.8, 4) is 0 Å². The molecule has 0 radical (unpaired) electrons. The summed E-state index contributed by atoms with van der Waals surface area (Å²) in [6.07, 6.45) is 6.52. The molecule has 0 unspecified atom stereocenters. The summed E-state index contributed by atoms with van der Waals surface area (Å²) in [5.41, 5.74) is 3.00. The molecule has 1 N–H and O–H groups in total. The molecule has 0 aliphatic carbocycles. The zero-order valence-corrected chi connectivity index (χ0v) is 13.4. The molecular weight excluding hydrogens is 334 g/mol. The van der Waals surface area contributed by atoms with E-state index < -0.39 is 5.97 Å². The Hall–Kier alpha value is -2.08. The van der Waals surface area contributed by atoms with Gasteiger partial charge in [-0.1, -0.05) is 22.0 Å². The molecule has 2 rings (SSSR count). The maximum Gasteiger partial charge on any atom is 0.328 e. The van der Waals surface area contributed by atoms with Gasteiger partial charge in [0, 0.05) is 48.6 Å². The number of anilines is 1. The summed E-state index contributed by atoms with van der Waals surface area (Å²) in [6.45, 7) is 0.755. The van der Waals surface area contributed by atoms with Crippen molar-refractivity contribution in [2.75, 3.05) is 11.9 Å². The van der Waals surface area contributed by atoms with Crippen LogP contribution in [0.2, 0.25) is 0 Å². The molecule has 0 aliphatic heterocycles. The van der Waals surface area contributed by atoms with E-state index in [1.807, 2.05) is 44.7 Å². The van der Waals surface area contributed by atoms with Crippen LogP contribution in [0.4, 0.5) is 5.69 Å². The first-order chi connectivity index (χ1) is 9.95. The molecule has 0 saturated carbocycles. The molecule has 0 amide bonds. The van der Waals surface area contributed by atoms with Gasteiger partial charge in [0.2, 0.25) is 0 Å². The van der Waals surface area contributed by atoms with Crippen LogP contribution in [0.25, 0.3) is 6.08 Å². The molecule has 6 heteroatoms. The Labute approximate surface area is 131 Å². The largest absolute Gasteiger partial charge is 0.478 e. The molecule has 0 bridgehead atoms. The number of carboxylic acids is 1. The van der Waals surface area contributed by atoms with E-state index in [4.69, 9.17) is 5.11 Å². The number of halogens is 1. The molecule has 0 spiro atoms. The lowest BCUT2D eigenvalue weighted by molar-refractivity contribution is -0.131. The molecule has 0 aliphatic rings. The number of hydrogen-bond acceptors (Lipinski definition) is 3. The van der Waals surface area contributed by atoms with Gasteiger partial charge in [-0.25, -0.2) is 4.79 Å². The van der Waals surface area contributed by atoms with Crippen molar-refractivity contribution in [1.82, 2.24) is 9.78 Å². The van der Waals surface area contributed by atoms with Gasteiger partial charge in [-0.3, -0.25) is 4.68 Å². The monoisotopic (exact) mass is 349 g/mol. The van der Waals surface area contributed by atoms with Gasteiger partial charge in [-0.2, -0.15) is 5.10 Å². The normalized spacial score (nSPS) is 11.0. The number of nitrogens with zero attached hydrogens (tertiary/aromatic N) is 3. The Morgan fingerprint density at radius 1 is 1.52 bits per heavy atom. The third kappa shape index (κ3) is 4.19. The van der Waals surface area contributed by atoms with Crippen LogP contribution in [0, 0.1) is 0 Å². The maximum atomic E-state index is 10.5. The molecular formula is C15H16BrN3O2. The minimum absolute atomic E-state index is 0.755. The summed E-state index contributed by atoms with van der Waals surface area (Å²) in [7, 11) is 3.89. The Morgan fingerprint density at radius 2 is 2.29 bits per heavy atom. The Morgan fingerprint density at radius 3 is 2.86 bits per heavy atom. The molecule has 110 valence electrons. The first kappa shape index (κ1) is 15.3. The van der Waals surface area contributed by atoms with Gasteiger partial charge < -0.3 is 10.0 Å². The van der Waals surface area contributed by atoms with Gasteiger partial charge in [-0.05, 0) is 23.8 Å². The minimum atomic E-state index is -0.959. The van der Waals surface area contributed by atoms with Crippen LogP contribution >= 0.6 is 15.9 Å². The molecule has 21 heavy (non-hydrogen) atoms. The lowest BCUT2D eigenvalue weighted by Crippen LogP contribution is -2.15. The molecule has 1 heterocycles. The molecule has 2 aromatic rings. The van der Waals surface area contributed by atoms with E-state index in [1.165, 1.54) is 0 Å². The van der Waals surface area contributed by atoms with Crippen molar-refractivity contribution in [1.29, 1.82) is 0 Å². The van der Waals surface area contributed by atoms with E-state index in [-0.39, 0.29) is 0 Å². The topological polar surface area (TPSA) is 58.4 Å². The van der Waals surface area contributed by atoms with E-state index in [2.05, 4.69) is 25.9 Å². The van der Waals surface area contributed by atoms with Gasteiger partial charge >= 0.3 is 5.97 Å². The second-order valence-corrected chi connectivity index (χ2v) is 5.61. The minimum Gasteiger partial charge on any atom is -0.478 e. The van der Waals surface area contributed by atoms with Crippen molar-refractivity contribution in [3.63, 3.8) is 0 Å². The van der Waals surface area contributed by atoms with Crippen LogP contribution < -0.4 is 4.90 Å². The fourth-order valence-corrected chi connectivity index (χ4v) is 2.47. The van der Waals surface area contributed by atoms with E-state index >= 15 is 0 Å². The Balaban J connectivity index is 2.13. The molecule has 0 atom stereocenters. The maximum absolute atomic E-state index is 10.5. The number of aliphatic carboxylic acids is 1. The van der Waals surface area contributed by atoms with Crippen LogP contribution in [-0.2, 0) is 18.4 Å². The first-order valence-electron chi connectivity index (χ1n) is 6.35. The molecule has 1 aromatic carbocycles. The van der Waals surface area contributed by atoms with Gasteiger partial charge in [0.1, 0.15) is 0 Å². The van der Waals surface area contributed by atoms with E-state index in [0.29, 0.717) is 0 Å². The summed E-state index contributed by atoms with van der Waals surface area (Å²) in [5.74, 6) is -0.959. The summed E-state index contributed by atoms with van der Waals surface area (Å²) in [5, 5.41) is 12.8. The highest BCUT2D eigenvalue weighted by molar-refractivity contribution is 9.10. The quantitative estimate of drug-likeness (QED) is 0.843. The fourth-order valence-electron chi connectivity index (χ4n) is 1.97. The number of aromatic nitrogens is 2. The SMILES string of the molecule is CN(Cc1cnn(C)c1)c1ccc(/C=C/C(=O)O)c(Br)c1. The van der Waals surface area contributed by atoms with Crippen molar-refractivity contribution < 1.29 is 9.90 Å². The highest BCUT2D eigenvalue weighted by Gasteiger charge is 2.06. The molecule has 0 saturated heterocycles. The van der Waals surface area contributed by atoms with Crippen LogP contribution in [0.3, 0.4) is 0 Å². The molecule has 1 aromatic heterocycles. The number of hydrogen-bond donors (Lipinski definition) is 1. The van der Waals surface area contributed by atoms with Gasteiger partial charge in [-0.15, -0.1) is 0 Å². The number of carboxylic acid groups (broad SMARTS) is 1. The second-order valence-electron chi connectivity index (χ2n) is 4.76. The average molecular weight is 350 g/mol. The predicted octanol–water partition coefficient (Wildman–Crippen LogP) is 2.92. The van der Waals surface area contributed by atoms with Crippen molar-refractivity contribution in [2.45, 2.75) is 6.54 Å². The zero-order chi connectivity index (χ0) is 15.4. The number of rotatable bonds is 5. The van der Waals surface area contributed by atoms with Crippen molar-refractivity contribution in [2.24, 2.45) is 7.05 Å². The smallest absolute Gasteiger partial charge is 0.328 e. The van der Waals surface area contributed by atoms with Crippen molar-refractivity contribution in [3.05, 3.63) is 52.3 Å². The number of carbonyl (C=O) groups is 1. The lowest BCUT2D eigenvalue weighted by Gasteiger charge is -2.19. The Bertz CT molecular complexity index is 679. The first-order valence-corrected chi connectivity index (χ1v) is 7.14. The third-order valence-electron chi connectivity index (χ3n) is 3.01. The average Bonchev–Trinajstić information content (AvgIpc) is 2.82. The van der Waals surface area contributed by atoms with E-state index in [9.17, 15) is 4.79 Å². The highest BCUT2D eigenvalue weighted by Crippen LogP contribution is 2.25. The van der Waals surface area contributed by atoms with Gasteiger partial charge in [0.25, 0.3) is 0 Å². The summed E-state index contributed by atoms with van der Waals surface area (Å²) in [6, 6.07) is 5.82. The second kappa shape index (κ2) is 6.58. The van der Waals surface area contributed by atoms with Crippen LogP contribution in [0.1, 0.15) is 11.1 Å². The highest BCUT2D eigenvalue weighted by atomic mass is 79.9.